The van der Waals surface area contributed by atoms with Gasteiger partial charge in [-0.1, -0.05) is 0 Å². The van der Waals surface area contributed by atoms with Crippen LogP contribution in [0.5, 0.6) is 0 Å². The zero-order valence-electron chi connectivity index (χ0n) is 13.3. The first-order chi connectivity index (χ1) is 11.5. The van der Waals surface area contributed by atoms with Crippen molar-refractivity contribution in [1.82, 2.24) is 24.6 Å². The highest BCUT2D eigenvalue weighted by Gasteiger charge is 2.11. The molecular weight excluding hydrogens is 308 g/mol. The Labute approximate surface area is 138 Å². The van der Waals surface area contributed by atoms with Crippen LogP contribution in [0.1, 0.15) is 10.5 Å². The Bertz CT molecular complexity index is 888. The number of hydrogen-bond acceptors (Lipinski definition) is 5. The zero-order chi connectivity index (χ0) is 17.1. The number of aromatic nitrogens is 4. The average Bonchev–Trinajstić information content (AvgIpc) is 2.97. The lowest BCUT2D eigenvalue weighted by atomic mass is 10.2. The monoisotopic (exact) mass is 324 g/mol. The highest BCUT2D eigenvalue weighted by atomic mass is 16.2. The smallest absolute Gasteiger partial charge is 0.274 e. The minimum atomic E-state index is -0.313. The summed E-state index contributed by atoms with van der Waals surface area (Å²) in [7, 11) is 3.41. The summed E-state index contributed by atoms with van der Waals surface area (Å²) in [6, 6.07) is 6.93. The molecule has 3 aromatic rings. The molecule has 0 bridgehead atoms. The van der Waals surface area contributed by atoms with E-state index < -0.39 is 0 Å². The Morgan fingerprint density at radius 3 is 2.79 bits per heavy atom. The van der Waals surface area contributed by atoms with Crippen LogP contribution in [-0.4, -0.2) is 50.6 Å². The Morgan fingerprint density at radius 1 is 1.25 bits per heavy atom. The number of rotatable bonds is 4. The molecular formula is C16H16N6O2. The molecule has 1 aromatic carbocycles. The van der Waals surface area contributed by atoms with Crippen LogP contribution in [0.15, 0.2) is 43.0 Å². The number of carbonyl (C=O) groups is 2. The summed E-state index contributed by atoms with van der Waals surface area (Å²) in [4.78, 5) is 33.1. The van der Waals surface area contributed by atoms with Crippen molar-refractivity contribution >= 4 is 28.4 Å². The third-order valence-corrected chi connectivity index (χ3v) is 3.50. The van der Waals surface area contributed by atoms with Gasteiger partial charge in [0.1, 0.15) is 18.6 Å². The molecule has 2 aromatic heterocycles. The van der Waals surface area contributed by atoms with Crippen LogP contribution in [0.2, 0.25) is 0 Å². The molecule has 0 aliphatic carbocycles. The van der Waals surface area contributed by atoms with Crippen molar-refractivity contribution in [2.75, 3.05) is 19.4 Å². The Hall–Kier alpha value is -3.29. The van der Waals surface area contributed by atoms with Gasteiger partial charge in [0.15, 0.2) is 0 Å². The Balaban J connectivity index is 1.80. The SMILES string of the molecule is CN(C)C(=O)Cn1ncc2cc(NC(=O)c3ccncn3)ccc21. The number of nitrogens with zero attached hydrogens (tertiary/aromatic N) is 5. The summed E-state index contributed by atoms with van der Waals surface area (Å²) in [6.07, 6.45) is 4.50. The third kappa shape index (κ3) is 3.22. The predicted molar refractivity (Wildman–Crippen MR) is 88.4 cm³/mol. The maximum atomic E-state index is 12.1. The lowest BCUT2D eigenvalue weighted by Crippen LogP contribution is -2.26. The van der Waals surface area contributed by atoms with E-state index in [1.807, 2.05) is 6.07 Å². The fourth-order valence-electron chi connectivity index (χ4n) is 2.18. The van der Waals surface area contributed by atoms with Gasteiger partial charge in [-0.3, -0.25) is 14.3 Å². The number of benzene rings is 1. The molecule has 0 radical (unpaired) electrons. The second kappa shape index (κ2) is 6.45. The number of anilines is 1. The van der Waals surface area contributed by atoms with Crippen LogP contribution >= 0.6 is 0 Å². The van der Waals surface area contributed by atoms with Gasteiger partial charge >= 0.3 is 0 Å². The van der Waals surface area contributed by atoms with E-state index >= 15 is 0 Å². The molecule has 24 heavy (non-hydrogen) atoms. The first-order valence-corrected chi connectivity index (χ1v) is 7.27. The summed E-state index contributed by atoms with van der Waals surface area (Å²) in [5, 5.41) is 7.84. The van der Waals surface area contributed by atoms with E-state index in [4.69, 9.17) is 0 Å². The molecule has 0 saturated carbocycles. The van der Waals surface area contributed by atoms with Crippen molar-refractivity contribution in [3.63, 3.8) is 0 Å². The van der Waals surface area contributed by atoms with Gasteiger partial charge in [-0.15, -0.1) is 0 Å². The van der Waals surface area contributed by atoms with E-state index in [-0.39, 0.29) is 24.1 Å². The lowest BCUT2D eigenvalue weighted by molar-refractivity contribution is -0.129. The molecule has 0 unspecified atom stereocenters. The van der Waals surface area contributed by atoms with Crippen LogP contribution in [0.3, 0.4) is 0 Å². The normalized spacial score (nSPS) is 10.6. The number of hydrogen-bond donors (Lipinski definition) is 1. The fourth-order valence-corrected chi connectivity index (χ4v) is 2.18. The largest absolute Gasteiger partial charge is 0.347 e. The van der Waals surface area contributed by atoms with Crippen molar-refractivity contribution < 1.29 is 9.59 Å². The van der Waals surface area contributed by atoms with Crippen LogP contribution < -0.4 is 5.32 Å². The third-order valence-electron chi connectivity index (χ3n) is 3.50. The van der Waals surface area contributed by atoms with E-state index in [1.54, 1.807) is 43.2 Å². The fraction of sp³-hybridized carbons (Fsp3) is 0.188. The van der Waals surface area contributed by atoms with E-state index in [9.17, 15) is 9.59 Å². The van der Waals surface area contributed by atoms with Crippen molar-refractivity contribution in [1.29, 1.82) is 0 Å². The molecule has 0 spiro atoms. The minimum absolute atomic E-state index is 0.0406. The van der Waals surface area contributed by atoms with Crippen molar-refractivity contribution in [2.45, 2.75) is 6.54 Å². The van der Waals surface area contributed by atoms with Gasteiger partial charge in [0, 0.05) is 31.4 Å². The summed E-state index contributed by atoms with van der Waals surface area (Å²) in [5.41, 5.74) is 1.74. The molecule has 0 saturated heterocycles. The topological polar surface area (TPSA) is 93.0 Å². The first kappa shape index (κ1) is 15.6. The van der Waals surface area contributed by atoms with Gasteiger partial charge in [0.2, 0.25) is 5.91 Å². The highest BCUT2D eigenvalue weighted by molar-refractivity contribution is 6.03. The van der Waals surface area contributed by atoms with Gasteiger partial charge in [0.05, 0.1) is 11.7 Å². The lowest BCUT2D eigenvalue weighted by Gasteiger charge is -2.10. The Morgan fingerprint density at radius 2 is 2.08 bits per heavy atom. The first-order valence-electron chi connectivity index (χ1n) is 7.27. The molecule has 0 aliphatic rings. The molecule has 2 amide bonds. The summed E-state index contributed by atoms with van der Waals surface area (Å²) < 4.78 is 1.63. The van der Waals surface area contributed by atoms with Crippen molar-refractivity contribution in [3.05, 3.63) is 48.7 Å². The number of carbonyl (C=O) groups excluding carboxylic acids is 2. The van der Waals surface area contributed by atoms with Crippen LogP contribution in [0.25, 0.3) is 10.9 Å². The maximum Gasteiger partial charge on any atom is 0.274 e. The van der Waals surface area contributed by atoms with Gasteiger partial charge < -0.3 is 10.2 Å². The molecule has 2 heterocycles. The van der Waals surface area contributed by atoms with Crippen molar-refractivity contribution in [2.24, 2.45) is 0 Å². The molecule has 1 N–H and O–H groups in total. The molecule has 0 aliphatic heterocycles. The molecule has 0 atom stereocenters. The van der Waals surface area contributed by atoms with Crippen LogP contribution in [-0.2, 0) is 11.3 Å². The minimum Gasteiger partial charge on any atom is -0.347 e. The van der Waals surface area contributed by atoms with Gasteiger partial charge in [-0.25, -0.2) is 9.97 Å². The van der Waals surface area contributed by atoms with Gasteiger partial charge in [0.25, 0.3) is 5.91 Å². The van der Waals surface area contributed by atoms with E-state index in [0.717, 1.165) is 10.9 Å². The number of nitrogens with one attached hydrogen (secondary N) is 1. The van der Waals surface area contributed by atoms with Gasteiger partial charge in [-0.2, -0.15) is 5.10 Å². The predicted octanol–water partition coefficient (Wildman–Crippen LogP) is 1.17. The van der Waals surface area contributed by atoms with Gasteiger partial charge in [-0.05, 0) is 24.3 Å². The number of amides is 2. The standard InChI is InChI=1S/C16H16N6O2/c1-21(2)15(23)9-22-14-4-3-12(7-11(14)8-19-22)20-16(24)13-5-6-17-10-18-13/h3-8,10H,9H2,1-2H3,(H,20,24). The molecule has 8 nitrogen and oxygen atoms in total. The van der Waals surface area contributed by atoms with E-state index in [2.05, 4.69) is 20.4 Å². The maximum absolute atomic E-state index is 12.1. The summed E-state index contributed by atoms with van der Waals surface area (Å²) in [5.74, 6) is -0.354. The van der Waals surface area contributed by atoms with Crippen LogP contribution in [0, 0.1) is 0 Å². The number of fused-ring (bicyclic) bond motifs is 1. The second-order valence-electron chi connectivity index (χ2n) is 5.41. The van der Waals surface area contributed by atoms with E-state index in [1.165, 1.54) is 17.4 Å². The molecule has 122 valence electrons. The average molecular weight is 324 g/mol. The Kier molecular flexibility index (Phi) is 4.19. The second-order valence-corrected chi connectivity index (χ2v) is 5.41. The van der Waals surface area contributed by atoms with E-state index in [0.29, 0.717) is 5.69 Å². The van der Waals surface area contributed by atoms with Crippen LogP contribution in [0.4, 0.5) is 5.69 Å². The number of likely N-dealkylation sites (N-methyl/N-ethyl adjacent to an activating group) is 1. The molecule has 8 heteroatoms. The summed E-state index contributed by atoms with van der Waals surface area (Å²) >= 11 is 0. The molecule has 3 rings (SSSR count). The summed E-state index contributed by atoms with van der Waals surface area (Å²) in [6.45, 7) is 0.170. The zero-order valence-corrected chi connectivity index (χ0v) is 13.3. The highest BCUT2D eigenvalue weighted by Crippen LogP contribution is 2.19. The molecule has 0 fully saturated rings. The quantitative estimate of drug-likeness (QED) is 0.777. The van der Waals surface area contributed by atoms with Crippen molar-refractivity contribution in [3.8, 4) is 0 Å².